The summed E-state index contributed by atoms with van der Waals surface area (Å²) >= 11 is 3.06. The lowest BCUT2D eigenvalue weighted by Gasteiger charge is -2.17. The lowest BCUT2D eigenvalue weighted by molar-refractivity contribution is -0.140. The van der Waals surface area contributed by atoms with Gasteiger partial charge in [-0.05, 0) is 42.5 Å². The molecule has 0 spiro atoms. The van der Waals surface area contributed by atoms with Gasteiger partial charge in [-0.2, -0.15) is 26.3 Å². The van der Waals surface area contributed by atoms with E-state index in [1.807, 2.05) is 0 Å². The monoisotopic (exact) mass is 447 g/mol. The third-order valence-electron chi connectivity index (χ3n) is 3.02. The van der Waals surface area contributed by atoms with Crippen molar-refractivity contribution in [2.24, 2.45) is 0 Å². The Balaban J connectivity index is 2.54. The first-order valence-corrected chi connectivity index (χ1v) is 8.65. The van der Waals surface area contributed by atoms with Gasteiger partial charge in [0.25, 0.3) is 10.0 Å². The molecule has 0 atom stereocenters. The van der Waals surface area contributed by atoms with Gasteiger partial charge in [0, 0.05) is 4.47 Å². The summed E-state index contributed by atoms with van der Waals surface area (Å²) in [7, 11) is -4.51. The van der Waals surface area contributed by atoms with Crippen LogP contribution in [0.3, 0.4) is 0 Å². The highest BCUT2D eigenvalue weighted by molar-refractivity contribution is 9.10. The first-order chi connectivity index (χ1) is 11.3. The van der Waals surface area contributed by atoms with Crippen molar-refractivity contribution in [3.8, 4) is 0 Å². The lowest BCUT2D eigenvalue weighted by atomic mass is 10.1. The smallest absolute Gasteiger partial charge is 0.279 e. The van der Waals surface area contributed by atoms with Gasteiger partial charge in [-0.1, -0.05) is 15.9 Å². The molecule has 2 aromatic carbocycles. The minimum atomic E-state index is -5.04. The van der Waals surface area contributed by atoms with Gasteiger partial charge in [0.15, 0.2) is 0 Å². The topological polar surface area (TPSA) is 46.2 Å². The molecule has 2 aromatic rings. The fourth-order valence-electron chi connectivity index (χ4n) is 1.87. The maximum atomic E-state index is 13.0. The van der Waals surface area contributed by atoms with Crippen molar-refractivity contribution in [3.05, 3.63) is 58.1 Å². The van der Waals surface area contributed by atoms with Crippen LogP contribution in [-0.2, 0) is 22.4 Å². The van der Waals surface area contributed by atoms with E-state index in [1.165, 1.54) is 12.1 Å². The number of anilines is 1. The van der Waals surface area contributed by atoms with E-state index < -0.39 is 44.1 Å². The number of nitrogens with one attached hydrogen (secondary N) is 1. The van der Waals surface area contributed by atoms with Crippen LogP contribution in [0.2, 0.25) is 0 Å². The van der Waals surface area contributed by atoms with Gasteiger partial charge in [-0.15, -0.1) is 0 Å². The molecule has 0 amide bonds. The minimum Gasteiger partial charge on any atom is -0.279 e. The molecule has 0 aliphatic rings. The van der Waals surface area contributed by atoms with Crippen molar-refractivity contribution in [1.82, 2.24) is 0 Å². The maximum Gasteiger partial charge on any atom is 0.418 e. The third kappa shape index (κ3) is 4.66. The molecule has 0 saturated carbocycles. The Hall–Kier alpha value is -1.75. The van der Waals surface area contributed by atoms with E-state index in [2.05, 4.69) is 15.9 Å². The molecule has 0 aliphatic heterocycles. The summed E-state index contributed by atoms with van der Waals surface area (Å²) in [6.45, 7) is 0. The van der Waals surface area contributed by atoms with E-state index in [0.717, 1.165) is 12.1 Å². The predicted octanol–water partition coefficient (Wildman–Crippen LogP) is 5.29. The zero-order valence-corrected chi connectivity index (χ0v) is 14.3. The zero-order chi connectivity index (χ0) is 19.0. The van der Waals surface area contributed by atoms with Gasteiger partial charge in [-0.25, -0.2) is 8.42 Å². The van der Waals surface area contributed by atoms with Crippen LogP contribution in [-0.4, -0.2) is 8.42 Å². The fourth-order valence-corrected chi connectivity index (χ4v) is 3.20. The van der Waals surface area contributed by atoms with E-state index in [1.54, 1.807) is 4.72 Å². The number of hydrogen-bond donors (Lipinski definition) is 1. The Morgan fingerprint density at radius 1 is 0.840 bits per heavy atom. The molecule has 0 bridgehead atoms. The molecular formula is C14H8BrF6NO2S. The average Bonchev–Trinajstić information content (AvgIpc) is 2.45. The van der Waals surface area contributed by atoms with Crippen molar-refractivity contribution >= 4 is 31.6 Å². The molecule has 0 fully saturated rings. The van der Waals surface area contributed by atoms with Crippen molar-refractivity contribution in [1.29, 1.82) is 0 Å². The summed E-state index contributed by atoms with van der Waals surface area (Å²) in [5.41, 5.74) is -4.14. The number of alkyl halides is 6. The molecule has 1 N–H and O–H groups in total. The molecular weight excluding hydrogens is 440 g/mol. The van der Waals surface area contributed by atoms with Crippen LogP contribution in [0.5, 0.6) is 0 Å². The summed E-state index contributed by atoms with van der Waals surface area (Å²) in [6, 6.07) is 5.36. The summed E-state index contributed by atoms with van der Waals surface area (Å²) in [6.07, 6.45) is -9.97. The molecule has 11 heteroatoms. The van der Waals surface area contributed by atoms with Gasteiger partial charge in [-0.3, -0.25) is 4.72 Å². The first-order valence-electron chi connectivity index (χ1n) is 6.37. The van der Waals surface area contributed by atoms with Crippen LogP contribution in [0.25, 0.3) is 0 Å². The Kier molecular flexibility index (Phi) is 5.11. The van der Waals surface area contributed by atoms with E-state index in [9.17, 15) is 34.8 Å². The maximum absolute atomic E-state index is 13.0. The average molecular weight is 448 g/mol. The molecule has 3 nitrogen and oxygen atoms in total. The van der Waals surface area contributed by atoms with Crippen molar-refractivity contribution in [2.45, 2.75) is 17.2 Å². The highest BCUT2D eigenvalue weighted by atomic mass is 79.9. The molecule has 0 aromatic heterocycles. The Bertz CT molecular complexity index is 876. The number of halogens is 7. The minimum absolute atomic E-state index is 0.110. The molecule has 0 saturated heterocycles. The molecule has 2 rings (SSSR count). The second-order valence-electron chi connectivity index (χ2n) is 4.82. The SMILES string of the molecule is O=S(=O)(Nc1cc(C(F)(F)F)ccc1C(F)(F)F)c1ccc(Br)cc1. The first kappa shape index (κ1) is 19.6. The molecule has 0 aliphatic carbocycles. The van der Waals surface area contributed by atoms with Gasteiger partial charge >= 0.3 is 12.4 Å². The van der Waals surface area contributed by atoms with E-state index in [-0.39, 0.29) is 18.2 Å². The van der Waals surface area contributed by atoms with Crippen LogP contribution in [0.15, 0.2) is 51.8 Å². The second kappa shape index (κ2) is 6.52. The zero-order valence-electron chi connectivity index (χ0n) is 11.9. The summed E-state index contributed by atoms with van der Waals surface area (Å²) < 4.78 is 104. The van der Waals surface area contributed by atoms with Crippen LogP contribution in [0.4, 0.5) is 32.0 Å². The van der Waals surface area contributed by atoms with E-state index in [4.69, 9.17) is 0 Å². The molecule has 0 heterocycles. The summed E-state index contributed by atoms with van der Waals surface area (Å²) in [5, 5.41) is 0. The largest absolute Gasteiger partial charge is 0.418 e. The quantitative estimate of drug-likeness (QED) is 0.650. The Labute approximate surface area is 146 Å². The van der Waals surface area contributed by atoms with E-state index >= 15 is 0 Å². The van der Waals surface area contributed by atoms with Gasteiger partial charge in [0.2, 0.25) is 0 Å². The van der Waals surface area contributed by atoms with Crippen molar-refractivity contribution in [2.75, 3.05) is 4.72 Å². The molecule has 0 radical (unpaired) electrons. The summed E-state index contributed by atoms with van der Waals surface area (Å²) in [4.78, 5) is -0.402. The highest BCUT2D eigenvalue weighted by Crippen LogP contribution is 2.39. The molecule has 136 valence electrons. The van der Waals surface area contributed by atoms with Crippen molar-refractivity contribution < 1.29 is 34.8 Å². The Morgan fingerprint density at radius 3 is 1.88 bits per heavy atom. The van der Waals surface area contributed by atoms with Gasteiger partial charge in [0.05, 0.1) is 21.7 Å². The predicted molar refractivity (Wildman–Crippen MR) is 81.4 cm³/mol. The number of hydrogen-bond acceptors (Lipinski definition) is 2. The lowest BCUT2D eigenvalue weighted by Crippen LogP contribution is -2.18. The number of benzene rings is 2. The number of rotatable bonds is 3. The molecule has 0 unspecified atom stereocenters. The summed E-state index contributed by atoms with van der Waals surface area (Å²) in [5.74, 6) is 0. The van der Waals surface area contributed by atoms with Crippen LogP contribution in [0.1, 0.15) is 11.1 Å². The van der Waals surface area contributed by atoms with Gasteiger partial charge < -0.3 is 0 Å². The standard InChI is InChI=1S/C14H8BrF6NO2S/c15-9-2-4-10(5-3-9)25(23,24)22-12-7-8(13(16,17)18)1-6-11(12)14(19,20)21/h1-7,22H. The van der Waals surface area contributed by atoms with Crippen LogP contribution >= 0.6 is 15.9 Å². The second-order valence-corrected chi connectivity index (χ2v) is 7.41. The molecule has 25 heavy (non-hydrogen) atoms. The fraction of sp³-hybridized carbons (Fsp3) is 0.143. The van der Waals surface area contributed by atoms with Crippen LogP contribution < -0.4 is 4.72 Å². The number of sulfonamides is 1. The van der Waals surface area contributed by atoms with E-state index in [0.29, 0.717) is 4.47 Å². The van der Waals surface area contributed by atoms with Crippen LogP contribution in [0, 0.1) is 0 Å². The van der Waals surface area contributed by atoms with Crippen molar-refractivity contribution in [3.63, 3.8) is 0 Å². The third-order valence-corrected chi connectivity index (χ3v) is 4.93. The highest BCUT2D eigenvalue weighted by Gasteiger charge is 2.38. The normalized spacial score (nSPS) is 12.9. The van der Waals surface area contributed by atoms with Gasteiger partial charge in [0.1, 0.15) is 0 Å². The Morgan fingerprint density at radius 2 is 1.40 bits per heavy atom.